The second-order valence-corrected chi connectivity index (χ2v) is 5.86. The fourth-order valence-corrected chi connectivity index (χ4v) is 2.58. The Labute approximate surface area is 134 Å². The van der Waals surface area contributed by atoms with E-state index in [1.807, 2.05) is 0 Å². The van der Waals surface area contributed by atoms with Gasteiger partial charge in [0.15, 0.2) is 12.2 Å². The van der Waals surface area contributed by atoms with Gasteiger partial charge >= 0.3 is 17.9 Å². The zero-order chi connectivity index (χ0) is 16.2. The molecule has 21 heavy (non-hydrogen) atoms. The maximum absolute atomic E-state index is 13.9. The van der Waals surface area contributed by atoms with Gasteiger partial charge in [0.25, 0.3) is 0 Å². The molecule has 0 N–H and O–H groups in total. The Balaban J connectivity index is 2.94. The highest BCUT2D eigenvalue weighted by molar-refractivity contribution is 14.1. The smallest absolute Gasteiger partial charge is 0.303 e. The van der Waals surface area contributed by atoms with E-state index in [1.165, 1.54) is 6.92 Å². The van der Waals surface area contributed by atoms with E-state index in [-0.39, 0.29) is 6.61 Å². The maximum atomic E-state index is 13.9. The van der Waals surface area contributed by atoms with E-state index in [1.54, 1.807) is 22.6 Å². The Morgan fingerprint density at radius 2 is 1.57 bits per heavy atom. The van der Waals surface area contributed by atoms with Crippen molar-refractivity contribution >= 4 is 40.5 Å². The summed E-state index contributed by atoms with van der Waals surface area (Å²) in [6, 6.07) is 0. The van der Waals surface area contributed by atoms with Crippen LogP contribution in [0.25, 0.3) is 0 Å². The van der Waals surface area contributed by atoms with Crippen molar-refractivity contribution in [1.29, 1.82) is 0 Å². The summed E-state index contributed by atoms with van der Waals surface area (Å²) in [6.45, 7) is 3.20. The summed E-state index contributed by atoms with van der Waals surface area (Å²) in [5.74, 6) is -1.87. The average molecular weight is 418 g/mol. The number of rotatable bonds is 4. The SMILES string of the molecule is CC(=O)OC[C@H]1OC(F)[C@H](I)[C@@H](OC(C)=O)[C@@H]1OC(C)=O. The predicted molar refractivity (Wildman–Crippen MR) is 75.3 cm³/mol. The summed E-state index contributed by atoms with van der Waals surface area (Å²) < 4.78 is 32.9. The quantitative estimate of drug-likeness (QED) is 0.290. The molecule has 1 saturated heterocycles. The summed E-state index contributed by atoms with van der Waals surface area (Å²) in [4.78, 5) is 33.2. The molecule has 5 atom stereocenters. The van der Waals surface area contributed by atoms with Crippen LogP contribution in [0.5, 0.6) is 0 Å². The average Bonchev–Trinajstić information content (AvgIpc) is 2.35. The van der Waals surface area contributed by atoms with Gasteiger partial charge in [0, 0.05) is 20.8 Å². The Hall–Kier alpha value is -0.970. The van der Waals surface area contributed by atoms with Crippen LogP contribution in [0.4, 0.5) is 4.39 Å². The van der Waals surface area contributed by atoms with E-state index in [2.05, 4.69) is 0 Å². The highest BCUT2D eigenvalue weighted by atomic mass is 127. The maximum Gasteiger partial charge on any atom is 0.303 e. The van der Waals surface area contributed by atoms with Gasteiger partial charge in [-0.15, -0.1) is 0 Å². The van der Waals surface area contributed by atoms with Crippen LogP contribution in [-0.2, 0) is 33.3 Å². The molecule has 1 rings (SSSR count). The molecule has 0 aliphatic carbocycles. The highest BCUT2D eigenvalue weighted by Crippen LogP contribution is 2.32. The molecular weight excluding hydrogens is 402 g/mol. The third-order valence-electron chi connectivity index (χ3n) is 2.61. The Morgan fingerprint density at radius 1 is 1.05 bits per heavy atom. The fraction of sp³-hybridized carbons (Fsp3) is 0.750. The first kappa shape index (κ1) is 18.1. The molecule has 120 valence electrons. The summed E-state index contributed by atoms with van der Waals surface area (Å²) in [6.07, 6.45) is -4.89. The lowest BCUT2D eigenvalue weighted by Gasteiger charge is -2.40. The first-order chi connectivity index (χ1) is 9.72. The van der Waals surface area contributed by atoms with Crippen molar-refractivity contribution in [3.63, 3.8) is 0 Å². The molecule has 9 heteroatoms. The molecule has 0 aromatic heterocycles. The number of carbonyl (C=O) groups excluding carboxylic acids is 3. The van der Waals surface area contributed by atoms with E-state index in [4.69, 9.17) is 18.9 Å². The van der Waals surface area contributed by atoms with Crippen LogP contribution in [0.15, 0.2) is 0 Å². The molecule has 0 radical (unpaired) electrons. The molecule has 7 nitrogen and oxygen atoms in total. The normalized spacial score (nSPS) is 32.1. The molecule has 0 amide bonds. The van der Waals surface area contributed by atoms with E-state index in [9.17, 15) is 18.8 Å². The molecule has 1 heterocycles. The fourth-order valence-electron chi connectivity index (χ4n) is 1.85. The minimum absolute atomic E-state index is 0.311. The molecule has 1 aliphatic rings. The standard InChI is InChI=1S/C12H16FIO7/c1-5(15)18-4-8-10(19-6(2)16)11(20-7(3)17)9(14)12(13)21-8/h8-12H,4H2,1-3H3/t8-,9-,10-,11-,12?/m1/s1. The first-order valence-corrected chi connectivity index (χ1v) is 7.38. The zero-order valence-corrected chi connectivity index (χ0v) is 13.9. The third kappa shape index (κ3) is 5.38. The van der Waals surface area contributed by atoms with E-state index >= 15 is 0 Å². The molecule has 0 aromatic rings. The lowest BCUT2D eigenvalue weighted by Crippen LogP contribution is -2.58. The van der Waals surface area contributed by atoms with Crippen LogP contribution in [0.3, 0.4) is 0 Å². The molecular formula is C12H16FIO7. The second kappa shape index (κ2) is 7.87. The topological polar surface area (TPSA) is 88.1 Å². The van der Waals surface area contributed by atoms with Crippen molar-refractivity contribution in [3.05, 3.63) is 0 Å². The van der Waals surface area contributed by atoms with Crippen LogP contribution in [-0.4, -0.2) is 53.1 Å². The van der Waals surface area contributed by atoms with Gasteiger partial charge in [0.05, 0.1) is 0 Å². The molecule has 0 aromatic carbocycles. The van der Waals surface area contributed by atoms with Crippen LogP contribution in [0.1, 0.15) is 20.8 Å². The minimum Gasteiger partial charge on any atom is -0.463 e. The third-order valence-corrected chi connectivity index (χ3v) is 3.89. The Bertz CT molecular complexity index is 416. The summed E-state index contributed by atoms with van der Waals surface area (Å²) in [5, 5.41) is 0. The number of carbonyl (C=O) groups is 3. The summed E-state index contributed by atoms with van der Waals surface area (Å²) >= 11 is 1.72. The number of alkyl halides is 2. The summed E-state index contributed by atoms with van der Waals surface area (Å²) in [7, 11) is 0. The van der Waals surface area contributed by atoms with Crippen molar-refractivity contribution in [1.82, 2.24) is 0 Å². The van der Waals surface area contributed by atoms with Crippen LogP contribution in [0.2, 0.25) is 0 Å². The van der Waals surface area contributed by atoms with Crippen molar-refractivity contribution in [2.24, 2.45) is 0 Å². The van der Waals surface area contributed by atoms with E-state index in [0.717, 1.165) is 13.8 Å². The van der Waals surface area contributed by atoms with Gasteiger partial charge in [0.2, 0.25) is 6.36 Å². The number of esters is 3. The first-order valence-electron chi connectivity index (χ1n) is 6.13. The number of halogens is 2. The monoisotopic (exact) mass is 418 g/mol. The van der Waals surface area contributed by atoms with Gasteiger partial charge in [-0.05, 0) is 0 Å². The number of hydrogen-bond acceptors (Lipinski definition) is 7. The van der Waals surface area contributed by atoms with E-state index < -0.39 is 46.5 Å². The zero-order valence-electron chi connectivity index (χ0n) is 11.7. The minimum atomic E-state index is -1.75. The molecule has 0 saturated carbocycles. The molecule has 1 unspecified atom stereocenters. The predicted octanol–water partition coefficient (Wildman–Crippen LogP) is 0.911. The van der Waals surface area contributed by atoms with Gasteiger partial charge in [-0.2, -0.15) is 0 Å². The lowest BCUT2D eigenvalue weighted by atomic mass is 10.0. The van der Waals surface area contributed by atoms with Gasteiger partial charge in [0.1, 0.15) is 16.6 Å². The van der Waals surface area contributed by atoms with Gasteiger partial charge in [-0.25, -0.2) is 4.39 Å². The number of hydrogen-bond donors (Lipinski definition) is 0. The Morgan fingerprint density at radius 3 is 2.05 bits per heavy atom. The lowest BCUT2D eigenvalue weighted by molar-refractivity contribution is -0.229. The van der Waals surface area contributed by atoms with Crippen molar-refractivity contribution in [2.45, 2.75) is 49.4 Å². The Kier molecular flexibility index (Phi) is 6.78. The molecule has 1 fully saturated rings. The van der Waals surface area contributed by atoms with Crippen molar-refractivity contribution < 1.29 is 37.7 Å². The van der Waals surface area contributed by atoms with Crippen LogP contribution < -0.4 is 0 Å². The van der Waals surface area contributed by atoms with Crippen LogP contribution in [0, 0.1) is 0 Å². The van der Waals surface area contributed by atoms with Gasteiger partial charge in [-0.1, -0.05) is 22.6 Å². The largest absolute Gasteiger partial charge is 0.463 e. The van der Waals surface area contributed by atoms with Crippen molar-refractivity contribution in [3.8, 4) is 0 Å². The molecule has 0 bridgehead atoms. The van der Waals surface area contributed by atoms with Gasteiger partial charge in [-0.3, -0.25) is 14.4 Å². The second-order valence-electron chi connectivity index (χ2n) is 4.42. The molecule has 1 aliphatic heterocycles. The van der Waals surface area contributed by atoms with Gasteiger partial charge < -0.3 is 18.9 Å². The van der Waals surface area contributed by atoms with Crippen molar-refractivity contribution in [2.75, 3.05) is 6.61 Å². The molecule has 0 spiro atoms. The number of ether oxygens (including phenoxy) is 4. The highest BCUT2D eigenvalue weighted by Gasteiger charge is 2.49. The summed E-state index contributed by atoms with van der Waals surface area (Å²) in [5.41, 5.74) is 0. The van der Waals surface area contributed by atoms with E-state index in [0.29, 0.717) is 0 Å². The van der Waals surface area contributed by atoms with Crippen LogP contribution >= 0.6 is 22.6 Å².